The second-order valence-corrected chi connectivity index (χ2v) is 4.70. The number of hydrogen-bond donors (Lipinski definition) is 2. The number of anilines is 1. The molecule has 1 amide bonds. The van der Waals surface area contributed by atoms with Crippen molar-refractivity contribution in [3.05, 3.63) is 54.0 Å². The minimum Gasteiger partial charge on any atom is -0.491 e. The van der Waals surface area contributed by atoms with Gasteiger partial charge in [0.15, 0.2) is 0 Å². The van der Waals surface area contributed by atoms with Crippen LogP contribution in [0, 0.1) is 0 Å². The molecule has 0 unspecified atom stereocenters. The van der Waals surface area contributed by atoms with Gasteiger partial charge in [-0.15, -0.1) is 0 Å². The predicted molar refractivity (Wildman–Crippen MR) is 85.6 cm³/mol. The zero-order chi connectivity index (χ0) is 16.7. The third-order valence-corrected chi connectivity index (χ3v) is 2.89. The van der Waals surface area contributed by atoms with Gasteiger partial charge in [-0.25, -0.2) is 4.79 Å². The van der Waals surface area contributed by atoms with Gasteiger partial charge in [-0.1, -0.05) is 6.92 Å². The van der Waals surface area contributed by atoms with E-state index in [1.807, 2.05) is 6.92 Å². The van der Waals surface area contributed by atoms with Crippen LogP contribution in [0.1, 0.15) is 29.5 Å². The summed E-state index contributed by atoms with van der Waals surface area (Å²) in [5, 5.41) is 11.7. The topological polar surface area (TPSA) is 88.8 Å². The molecule has 1 aromatic heterocycles. The number of amides is 1. The molecule has 0 aliphatic rings. The molecule has 0 radical (unpaired) electrons. The van der Waals surface area contributed by atoms with Gasteiger partial charge in [-0.3, -0.25) is 4.79 Å². The maximum Gasteiger partial charge on any atom is 0.335 e. The highest BCUT2D eigenvalue weighted by atomic mass is 16.5. The van der Waals surface area contributed by atoms with Crippen LogP contribution in [-0.4, -0.2) is 23.6 Å². The number of carbonyl (C=O) groups excluding carboxylic acids is 1. The van der Waals surface area contributed by atoms with E-state index in [0.29, 0.717) is 23.8 Å². The fourth-order valence-corrected chi connectivity index (χ4v) is 1.82. The molecule has 6 heteroatoms. The van der Waals surface area contributed by atoms with Crippen LogP contribution in [0.3, 0.4) is 0 Å². The van der Waals surface area contributed by atoms with Crippen molar-refractivity contribution in [2.24, 2.45) is 0 Å². The lowest BCUT2D eigenvalue weighted by Crippen LogP contribution is -2.11. The molecule has 0 spiro atoms. The third-order valence-electron chi connectivity index (χ3n) is 2.89. The number of benzene rings is 1. The number of furan rings is 1. The number of rotatable bonds is 7. The molecule has 0 saturated carbocycles. The van der Waals surface area contributed by atoms with Crippen LogP contribution in [0.15, 0.2) is 47.1 Å². The lowest BCUT2D eigenvalue weighted by Gasteiger charge is -2.12. The van der Waals surface area contributed by atoms with E-state index in [1.165, 1.54) is 36.6 Å². The smallest absolute Gasteiger partial charge is 0.335 e. The number of ether oxygens (including phenoxy) is 1. The summed E-state index contributed by atoms with van der Waals surface area (Å²) in [6.07, 6.45) is 5.12. The van der Waals surface area contributed by atoms with Crippen molar-refractivity contribution in [1.82, 2.24) is 0 Å². The molecule has 6 nitrogen and oxygen atoms in total. The first kappa shape index (κ1) is 16.4. The number of carboxylic acids is 1. The van der Waals surface area contributed by atoms with Gasteiger partial charge >= 0.3 is 5.97 Å². The summed E-state index contributed by atoms with van der Waals surface area (Å²) in [6, 6.07) is 7.76. The minimum absolute atomic E-state index is 0.0687. The van der Waals surface area contributed by atoms with Gasteiger partial charge in [0.1, 0.15) is 11.5 Å². The predicted octanol–water partition coefficient (Wildman–Crippen LogP) is 3.42. The van der Waals surface area contributed by atoms with E-state index in [1.54, 1.807) is 12.1 Å². The van der Waals surface area contributed by atoms with Crippen LogP contribution in [0.5, 0.6) is 5.75 Å². The van der Waals surface area contributed by atoms with E-state index in [-0.39, 0.29) is 5.56 Å². The largest absolute Gasteiger partial charge is 0.491 e. The quantitative estimate of drug-likeness (QED) is 0.764. The first-order chi connectivity index (χ1) is 11.1. The van der Waals surface area contributed by atoms with Crippen LogP contribution < -0.4 is 10.1 Å². The molecule has 120 valence electrons. The molecule has 0 saturated heterocycles. The van der Waals surface area contributed by atoms with Crippen molar-refractivity contribution in [2.75, 3.05) is 11.9 Å². The molecule has 0 atom stereocenters. The first-order valence-electron chi connectivity index (χ1n) is 7.13. The maximum atomic E-state index is 12.0. The average Bonchev–Trinajstić information content (AvgIpc) is 3.05. The molecule has 0 aliphatic carbocycles. The fourth-order valence-electron chi connectivity index (χ4n) is 1.82. The maximum absolute atomic E-state index is 12.0. The summed E-state index contributed by atoms with van der Waals surface area (Å²) in [6.45, 7) is 2.42. The zero-order valence-electron chi connectivity index (χ0n) is 12.6. The number of hydrogen-bond acceptors (Lipinski definition) is 4. The Bertz CT molecular complexity index is 704. The third kappa shape index (κ3) is 4.74. The summed E-state index contributed by atoms with van der Waals surface area (Å²) < 4.78 is 10.6. The van der Waals surface area contributed by atoms with Gasteiger partial charge in [0.05, 0.1) is 24.1 Å². The molecule has 0 bridgehead atoms. The Balaban J connectivity index is 2.16. The van der Waals surface area contributed by atoms with Crippen LogP contribution >= 0.6 is 0 Å². The standard InChI is InChI=1S/C17H17NO5/c1-2-9-23-15-7-5-12(17(20)21)11-14(15)18-16(19)8-6-13-4-3-10-22-13/h3-8,10-11H,2,9H2,1H3,(H,18,19)(H,20,21)/b8-6+. The Hall–Kier alpha value is -3.02. The van der Waals surface area contributed by atoms with Gasteiger partial charge in [-0.05, 0) is 42.8 Å². The van der Waals surface area contributed by atoms with E-state index in [0.717, 1.165) is 6.42 Å². The van der Waals surface area contributed by atoms with Gasteiger partial charge < -0.3 is 19.6 Å². The Morgan fingerprint density at radius 3 is 2.83 bits per heavy atom. The second kappa shape index (κ2) is 7.84. The highest BCUT2D eigenvalue weighted by Gasteiger charge is 2.11. The first-order valence-corrected chi connectivity index (χ1v) is 7.13. The number of carboxylic acid groups (broad SMARTS) is 1. The molecule has 2 rings (SSSR count). The van der Waals surface area contributed by atoms with Crippen LogP contribution in [-0.2, 0) is 4.79 Å². The zero-order valence-corrected chi connectivity index (χ0v) is 12.6. The SMILES string of the molecule is CCCOc1ccc(C(=O)O)cc1NC(=O)/C=C/c1ccco1. The Kier molecular flexibility index (Phi) is 5.57. The molecule has 0 aliphatic heterocycles. The summed E-state index contributed by atoms with van der Waals surface area (Å²) in [4.78, 5) is 23.0. The monoisotopic (exact) mass is 315 g/mol. The van der Waals surface area contributed by atoms with E-state index in [9.17, 15) is 9.59 Å². The van der Waals surface area contributed by atoms with E-state index >= 15 is 0 Å². The second-order valence-electron chi connectivity index (χ2n) is 4.70. The highest BCUT2D eigenvalue weighted by molar-refractivity contribution is 6.03. The van der Waals surface area contributed by atoms with E-state index in [4.69, 9.17) is 14.3 Å². The number of carbonyl (C=O) groups is 2. The molecule has 1 aromatic carbocycles. The molecule has 2 N–H and O–H groups in total. The Morgan fingerprint density at radius 2 is 2.17 bits per heavy atom. The van der Waals surface area contributed by atoms with Crippen LogP contribution in [0.4, 0.5) is 5.69 Å². The van der Waals surface area contributed by atoms with Crippen molar-refractivity contribution >= 4 is 23.6 Å². The normalized spacial score (nSPS) is 10.7. The molecule has 1 heterocycles. The summed E-state index contributed by atoms with van der Waals surface area (Å²) >= 11 is 0. The van der Waals surface area contributed by atoms with Crippen molar-refractivity contribution in [2.45, 2.75) is 13.3 Å². The van der Waals surface area contributed by atoms with Gasteiger partial charge in [0.2, 0.25) is 5.91 Å². The molecule has 2 aromatic rings. The van der Waals surface area contributed by atoms with Gasteiger partial charge in [-0.2, -0.15) is 0 Å². The van der Waals surface area contributed by atoms with Crippen molar-refractivity contribution in [3.8, 4) is 5.75 Å². The fraction of sp³-hybridized carbons (Fsp3) is 0.176. The van der Waals surface area contributed by atoms with E-state index < -0.39 is 11.9 Å². The van der Waals surface area contributed by atoms with Crippen molar-refractivity contribution in [1.29, 1.82) is 0 Å². The lowest BCUT2D eigenvalue weighted by atomic mass is 10.2. The van der Waals surface area contributed by atoms with Crippen LogP contribution in [0.25, 0.3) is 6.08 Å². The summed E-state index contributed by atoms with van der Waals surface area (Å²) in [5.41, 5.74) is 0.381. The van der Waals surface area contributed by atoms with Crippen molar-refractivity contribution in [3.63, 3.8) is 0 Å². The summed E-state index contributed by atoms with van der Waals surface area (Å²) in [7, 11) is 0. The van der Waals surface area contributed by atoms with Gasteiger partial charge in [0, 0.05) is 6.08 Å². The highest BCUT2D eigenvalue weighted by Crippen LogP contribution is 2.26. The lowest BCUT2D eigenvalue weighted by molar-refractivity contribution is -0.111. The number of nitrogens with one attached hydrogen (secondary N) is 1. The average molecular weight is 315 g/mol. The molecular weight excluding hydrogens is 298 g/mol. The molecule has 23 heavy (non-hydrogen) atoms. The van der Waals surface area contributed by atoms with Crippen LogP contribution in [0.2, 0.25) is 0 Å². The molecular formula is C17H17NO5. The Labute approximate surface area is 133 Å². The Morgan fingerprint density at radius 1 is 1.35 bits per heavy atom. The van der Waals surface area contributed by atoms with Gasteiger partial charge in [0.25, 0.3) is 0 Å². The number of aromatic carboxylic acids is 1. The summed E-state index contributed by atoms with van der Waals surface area (Å²) in [5.74, 6) is -0.516. The molecule has 0 fully saturated rings. The van der Waals surface area contributed by atoms with Crippen molar-refractivity contribution < 1.29 is 23.8 Å². The minimum atomic E-state index is -1.08. The van der Waals surface area contributed by atoms with E-state index in [2.05, 4.69) is 5.32 Å².